The largest absolute Gasteiger partial charge is 0.497 e. The number of ether oxygens (including phenoxy) is 1. The van der Waals surface area contributed by atoms with Crippen LogP contribution in [-0.4, -0.2) is 16.9 Å². The van der Waals surface area contributed by atoms with E-state index in [-0.39, 0.29) is 0 Å². The van der Waals surface area contributed by atoms with Crippen molar-refractivity contribution >= 4 is 23.1 Å². The standard InChI is InChI=1S/C17H16ClN3O/c1-22-15-8-6-14(7-9-15)20-17-10-11-19-21(17)12-13-4-2-3-5-16(13)18/h2-11,20H,12H2,1H3. The Morgan fingerprint density at radius 3 is 2.59 bits per heavy atom. The third kappa shape index (κ3) is 3.23. The normalized spacial score (nSPS) is 10.5. The highest BCUT2D eigenvalue weighted by molar-refractivity contribution is 6.31. The predicted molar refractivity (Wildman–Crippen MR) is 89.1 cm³/mol. The number of hydrogen-bond donors (Lipinski definition) is 1. The van der Waals surface area contributed by atoms with Crippen molar-refractivity contribution in [1.82, 2.24) is 9.78 Å². The third-order valence-corrected chi connectivity index (χ3v) is 3.73. The molecule has 112 valence electrons. The van der Waals surface area contributed by atoms with E-state index >= 15 is 0 Å². The molecule has 2 aromatic carbocycles. The lowest BCUT2D eigenvalue weighted by atomic mass is 10.2. The number of benzene rings is 2. The highest BCUT2D eigenvalue weighted by Crippen LogP contribution is 2.22. The Balaban J connectivity index is 1.78. The topological polar surface area (TPSA) is 39.1 Å². The van der Waals surface area contributed by atoms with Crippen LogP contribution in [0.15, 0.2) is 60.8 Å². The van der Waals surface area contributed by atoms with Gasteiger partial charge in [0.05, 0.1) is 19.9 Å². The van der Waals surface area contributed by atoms with Gasteiger partial charge < -0.3 is 10.1 Å². The molecule has 1 aromatic heterocycles. The fourth-order valence-electron chi connectivity index (χ4n) is 2.18. The summed E-state index contributed by atoms with van der Waals surface area (Å²) in [6.45, 7) is 0.616. The molecule has 4 nitrogen and oxygen atoms in total. The lowest BCUT2D eigenvalue weighted by Gasteiger charge is -2.11. The highest BCUT2D eigenvalue weighted by Gasteiger charge is 2.06. The first-order valence-corrected chi connectivity index (χ1v) is 7.30. The van der Waals surface area contributed by atoms with Gasteiger partial charge in [-0.1, -0.05) is 29.8 Å². The SMILES string of the molecule is COc1ccc(Nc2ccnn2Cc2ccccc2Cl)cc1. The van der Waals surface area contributed by atoms with Gasteiger partial charge >= 0.3 is 0 Å². The molecule has 0 amide bonds. The molecule has 0 saturated heterocycles. The van der Waals surface area contributed by atoms with Crippen molar-refractivity contribution in [2.24, 2.45) is 0 Å². The van der Waals surface area contributed by atoms with Crippen LogP contribution in [0.5, 0.6) is 5.75 Å². The minimum Gasteiger partial charge on any atom is -0.497 e. The Bertz CT molecular complexity index is 753. The van der Waals surface area contributed by atoms with E-state index in [2.05, 4.69) is 10.4 Å². The summed E-state index contributed by atoms with van der Waals surface area (Å²) in [6, 6.07) is 17.5. The van der Waals surface area contributed by atoms with Crippen molar-refractivity contribution < 1.29 is 4.74 Å². The van der Waals surface area contributed by atoms with E-state index in [1.165, 1.54) is 0 Å². The smallest absolute Gasteiger partial charge is 0.129 e. The fourth-order valence-corrected chi connectivity index (χ4v) is 2.37. The Labute approximate surface area is 134 Å². The van der Waals surface area contributed by atoms with Crippen LogP contribution in [0.25, 0.3) is 0 Å². The molecule has 0 fully saturated rings. The molecule has 22 heavy (non-hydrogen) atoms. The zero-order chi connectivity index (χ0) is 15.4. The maximum atomic E-state index is 6.21. The molecule has 0 aliphatic carbocycles. The third-order valence-electron chi connectivity index (χ3n) is 3.36. The molecule has 0 aliphatic heterocycles. The molecule has 3 rings (SSSR count). The number of rotatable bonds is 5. The molecule has 0 aliphatic rings. The number of aromatic nitrogens is 2. The van der Waals surface area contributed by atoms with Crippen LogP contribution in [0.2, 0.25) is 5.02 Å². The van der Waals surface area contributed by atoms with Crippen molar-refractivity contribution in [2.75, 3.05) is 12.4 Å². The Morgan fingerprint density at radius 1 is 1.09 bits per heavy atom. The number of nitrogens with zero attached hydrogens (tertiary/aromatic N) is 2. The lowest BCUT2D eigenvalue weighted by Crippen LogP contribution is -2.06. The minimum absolute atomic E-state index is 0.616. The maximum Gasteiger partial charge on any atom is 0.129 e. The van der Waals surface area contributed by atoms with E-state index in [0.29, 0.717) is 6.54 Å². The first-order valence-electron chi connectivity index (χ1n) is 6.92. The van der Waals surface area contributed by atoms with Crippen LogP contribution < -0.4 is 10.1 Å². The van der Waals surface area contributed by atoms with E-state index in [9.17, 15) is 0 Å². The van der Waals surface area contributed by atoms with Crippen LogP contribution in [0.4, 0.5) is 11.5 Å². The first-order chi connectivity index (χ1) is 10.8. The molecule has 0 unspecified atom stereocenters. The first kappa shape index (κ1) is 14.5. The number of anilines is 2. The van der Waals surface area contributed by atoms with Crippen molar-refractivity contribution in [3.8, 4) is 5.75 Å². The van der Waals surface area contributed by atoms with Crippen LogP contribution in [0, 0.1) is 0 Å². The van der Waals surface area contributed by atoms with Gasteiger partial charge in [0, 0.05) is 16.8 Å². The lowest BCUT2D eigenvalue weighted by molar-refractivity contribution is 0.415. The van der Waals surface area contributed by atoms with E-state index in [0.717, 1.165) is 27.8 Å². The van der Waals surface area contributed by atoms with Crippen LogP contribution in [0.3, 0.4) is 0 Å². The molecule has 1 N–H and O–H groups in total. The number of hydrogen-bond acceptors (Lipinski definition) is 3. The van der Waals surface area contributed by atoms with Gasteiger partial charge in [0.25, 0.3) is 0 Å². The summed E-state index contributed by atoms with van der Waals surface area (Å²) in [5.41, 5.74) is 2.01. The van der Waals surface area contributed by atoms with Gasteiger partial charge in [-0.15, -0.1) is 0 Å². The molecule has 0 spiro atoms. The van der Waals surface area contributed by atoms with Crippen LogP contribution in [-0.2, 0) is 6.54 Å². The monoisotopic (exact) mass is 313 g/mol. The predicted octanol–water partition coefficient (Wildman–Crippen LogP) is 4.34. The molecule has 5 heteroatoms. The molecule has 3 aromatic rings. The van der Waals surface area contributed by atoms with E-state index < -0.39 is 0 Å². The maximum absolute atomic E-state index is 6.21. The van der Waals surface area contributed by atoms with Gasteiger partial charge in [0.15, 0.2) is 0 Å². The Morgan fingerprint density at radius 2 is 1.86 bits per heavy atom. The second kappa shape index (κ2) is 6.54. The van der Waals surface area contributed by atoms with Gasteiger partial charge in [-0.2, -0.15) is 5.10 Å². The quantitative estimate of drug-likeness (QED) is 0.761. The van der Waals surface area contributed by atoms with Gasteiger partial charge in [-0.3, -0.25) is 0 Å². The fraction of sp³-hybridized carbons (Fsp3) is 0.118. The second-order valence-corrected chi connectivity index (χ2v) is 5.23. The highest BCUT2D eigenvalue weighted by atomic mass is 35.5. The molecule has 0 saturated carbocycles. The summed E-state index contributed by atoms with van der Waals surface area (Å²) in [7, 11) is 1.65. The summed E-state index contributed by atoms with van der Waals surface area (Å²) in [4.78, 5) is 0. The average Bonchev–Trinajstić information content (AvgIpc) is 2.97. The van der Waals surface area contributed by atoms with E-state index in [1.807, 2.05) is 59.3 Å². The molecule has 0 radical (unpaired) electrons. The number of nitrogens with one attached hydrogen (secondary N) is 1. The Hall–Kier alpha value is -2.46. The minimum atomic E-state index is 0.616. The summed E-state index contributed by atoms with van der Waals surface area (Å²) in [5.74, 6) is 1.74. The molecule has 0 atom stereocenters. The van der Waals surface area contributed by atoms with E-state index in [1.54, 1.807) is 13.3 Å². The summed E-state index contributed by atoms with van der Waals surface area (Å²) in [5, 5.41) is 8.44. The van der Waals surface area contributed by atoms with Gasteiger partial charge in [-0.25, -0.2) is 4.68 Å². The van der Waals surface area contributed by atoms with Crippen LogP contribution >= 0.6 is 11.6 Å². The number of halogens is 1. The molecular formula is C17H16ClN3O. The van der Waals surface area contributed by atoms with Crippen LogP contribution in [0.1, 0.15) is 5.56 Å². The Kier molecular flexibility index (Phi) is 4.30. The molecule has 0 bridgehead atoms. The van der Waals surface area contributed by atoms with Gasteiger partial charge in [-0.05, 0) is 35.9 Å². The zero-order valence-corrected chi connectivity index (χ0v) is 12.9. The van der Waals surface area contributed by atoms with Crippen molar-refractivity contribution in [2.45, 2.75) is 6.54 Å². The summed E-state index contributed by atoms with van der Waals surface area (Å²) < 4.78 is 7.04. The number of methoxy groups -OCH3 is 1. The van der Waals surface area contributed by atoms with Crippen molar-refractivity contribution in [1.29, 1.82) is 0 Å². The molecule has 1 heterocycles. The average molecular weight is 314 g/mol. The van der Waals surface area contributed by atoms with E-state index in [4.69, 9.17) is 16.3 Å². The zero-order valence-electron chi connectivity index (χ0n) is 12.2. The molecular weight excluding hydrogens is 298 g/mol. The summed E-state index contributed by atoms with van der Waals surface area (Å²) in [6.07, 6.45) is 1.77. The summed E-state index contributed by atoms with van der Waals surface area (Å²) >= 11 is 6.21. The van der Waals surface area contributed by atoms with Crippen molar-refractivity contribution in [3.63, 3.8) is 0 Å². The van der Waals surface area contributed by atoms with Gasteiger partial charge in [0.2, 0.25) is 0 Å². The van der Waals surface area contributed by atoms with Crippen molar-refractivity contribution in [3.05, 3.63) is 71.4 Å². The van der Waals surface area contributed by atoms with Gasteiger partial charge in [0.1, 0.15) is 11.6 Å². The second-order valence-electron chi connectivity index (χ2n) is 4.82.